The molecule has 1 N–H and O–H groups in total. The number of nitro benzene ring substituents is 1. The predicted molar refractivity (Wildman–Crippen MR) is 85.1 cm³/mol. The van der Waals surface area contributed by atoms with Gasteiger partial charge in [0.1, 0.15) is 5.69 Å². The molecule has 0 spiro atoms. The molecule has 0 amide bonds. The fourth-order valence-electron chi connectivity index (χ4n) is 1.86. The smallest absolute Gasteiger partial charge is 0.292 e. The Hall–Kier alpha value is -2.89. The molecule has 21 heavy (non-hydrogen) atoms. The lowest BCUT2D eigenvalue weighted by molar-refractivity contribution is -0.383. The molecule has 0 radical (unpaired) electrons. The highest BCUT2D eigenvalue weighted by Gasteiger charge is 2.12. The highest BCUT2D eigenvalue weighted by molar-refractivity contribution is 5.83. The highest BCUT2D eigenvalue weighted by Crippen LogP contribution is 2.24. The van der Waals surface area contributed by atoms with Gasteiger partial charge in [-0.1, -0.05) is 24.3 Å². The van der Waals surface area contributed by atoms with E-state index < -0.39 is 4.92 Å². The molecule has 0 aromatic heterocycles. The molecule has 0 atom stereocenters. The maximum absolute atomic E-state index is 11.0. The van der Waals surface area contributed by atoms with E-state index in [9.17, 15) is 10.1 Å². The number of hydrogen-bond acceptors (Lipinski definition) is 5. The van der Waals surface area contributed by atoms with Gasteiger partial charge in [0.05, 0.1) is 16.8 Å². The second kappa shape index (κ2) is 6.51. The van der Waals surface area contributed by atoms with Gasteiger partial charge in [-0.05, 0) is 18.2 Å². The number of hydrazone groups is 1. The van der Waals surface area contributed by atoms with Gasteiger partial charge < -0.3 is 5.32 Å². The third kappa shape index (κ3) is 3.56. The van der Waals surface area contributed by atoms with Crippen molar-refractivity contribution in [3.8, 4) is 0 Å². The fourth-order valence-corrected chi connectivity index (χ4v) is 1.86. The first-order valence-electron chi connectivity index (χ1n) is 6.41. The second-order valence-electron chi connectivity index (χ2n) is 4.39. The van der Waals surface area contributed by atoms with Gasteiger partial charge in [0.25, 0.3) is 5.69 Å². The van der Waals surface area contributed by atoms with Gasteiger partial charge in [-0.3, -0.25) is 15.1 Å². The van der Waals surface area contributed by atoms with E-state index in [0.717, 1.165) is 5.69 Å². The maximum Gasteiger partial charge on any atom is 0.292 e. The first kappa shape index (κ1) is 14.5. The Morgan fingerprint density at radius 1 is 1.24 bits per heavy atom. The van der Waals surface area contributed by atoms with Crippen LogP contribution >= 0.6 is 0 Å². The normalized spacial score (nSPS) is 10.6. The quantitative estimate of drug-likeness (QED) is 0.520. The number of rotatable bonds is 5. The van der Waals surface area contributed by atoms with Gasteiger partial charge in [-0.15, -0.1) is 0 Å². The van der Waals surface area contributed by atoms with Gasteiger partial charge in [0.2, 0.25) is 0 Å². The number of para-hydroxylation sites is 1. The molecular formula is C15H16N4O2. The fraction of sp³-hybridized carbons (Fsp3) is 0.133. The summed E-state index contributed by atoms with van der Waals surface area (Å²) >= 11 is 0. The van der Waals surface area contributed by atoms with E-state index >= 15 is 0 Å². The van der Waals surface area contributed by atoms with Crippen molar-refractivity contribution in [2.75, 3.05) is 24.4 Å². The molecule has 6 heteroatoms. The number of anilines is 2. The Morgan fingerprint density at radius 3 is 2.57 bits per heavy atom. The molecule has 0 saturated heterocycles. The molecule has 2 aromatic rings. The first-order chi connectivity index (χ1) is 10.1. The molecule has 108 valence electrons. The lowest BCUT2D eigenvalue weighted by Crippen LogP contribution is -2.08. The molecule has 0 fully saturated rings. The Bertz CT molecular complexity index is 656. The third-order valence-corrected chi connectivity index (χ3v) is 3.00. The van der Waals surface area contributed by atoms with Crippen molar-refractivity contribution in [3.05, 3.63) is 64.2 Å². The molecule has 0 aliphatic carbocycles. The van der Waals surface area contributed by atoms with E-state index in [0.29, 0.717) is 11.3 Å². The average molecular weight is 284 g/mol. The van der Waals surface area contributed by atoms with Gasteiger partial charge in [0.15, 0.2) is 0 Å². The zero-order valence-corrected chi connectivity index (χ0v) is 11.9. The topological polar surface area (TPSA) is 70.8 Å². The molecule has 0 saturated carbocycles. The van der Waals surface area contributed by atoms with E-state index in [1.165, 1.54) is 6.07 Å². The number of nitrogens with zero attached hydrogens (tertiary/aromatic N) is 3. The number of nitrogens with one attached hydrogen (secondary N) is 1. The SMILES string of the molecule is CNc1ccc(/C=N/N(C)c2ccccc2)cc1[N+](=O)[O-]. The largest absolute Gasteiger partial charge is 0.383 e. The molecule has 0 aliphatic rings. The Kier molecular flexibility index (Phi) is 4.50. The van der Waals surface area contributed by atoms with Crippen LogP contribution in [0.3, 0.4) is 0 Å². The molecular weight excluding hydrogens is 268 g/mol. The first-order valence-corrected chi connectivity index (χ1v) is 6.41. The van der Waals surface area contributed by atoms with E-state index in [1.807, 2.05) is 37.4 Å². The van der Waals surface area contributed by atoms with Crippen molar-refractivity contribution in [2.45, 2.75) is 0 Å². The predicted octanol–water partition coefficient (Wildman–Crippen LogP) is 3.11. The summed E-state index contributed by atoms with van der Waals surface area (Å²) in [6.07, 6.45) is 1.60. The lowest BCUT2D eigenvalue weighted by atomic mass is 10.2. The van der Waals surface area contributed by atoms with Crippen LogP contribution in [0, 0.1) is 10.1 Å². The van der Waals surface area contributed by atoms with E-state index in [1.54, 1.807) is 30.4 Å². The van der Waals surface area contributed by atoms with Crippen molar-refractivity contribution in [1.29, 1.82) is 0 Å². The van der Waals surface area contributed by atoms with Crippen molar-refractivity contribution < 1.29 is 4.92 Å². The monoisotopic (exact) mass is 284 g/mol. The number of hydrogen-bond donors (Lipinski definition) is 1. The van der Waals surface area contributed by atoms with Crippen molar-refractivity contribution in [1.82, 2.24) is 0 Å². The zero-order valence-electron chi connectivity index (χ0n) is 11.9. The van der Waals surface area contributed by atoms with Crippen molar-refractivity contribution in [3.63, 3.8) is 0 Å². The molecule has 0 aliphatic heterocycles. The standard InChI is InChI=1S/C15H16N4O2/c1-16-14-9-8-12(10-15(14)19(20)21)11-17-18(2)13-6-4-3-5-7-13/h3-11,16H,1-2H3/b17-11+. The summed E-state index contributed by atoms with van der Waals surface area (Å²) < 4.78 is 0. The minimum Gasteiger partial charge on any atom is -0.383 e. The highest BCUT2D eigenvalue weighted by atomic mass is 16.6. The van der Waals surface area contributed by atoms with Crippen LogP contribution in [-0.2, 0) is 0 Å². The molecule has 6 nitrogen and oxygen atoms in total. The molecule has 2 aromatic carbocycles. The van der Waals surface area contributed by atoms with Crippen LogP contribution in [0.1, 0.15) is 5.56 Å². The van der Waals surface area contributed by atoms with Crippen LogP contribution < -0.4 is 10.3 Å². The van der Waals surface area contributed by atoms with Crippen LogP contribution in [0.5, 0.6) is 0 Å². The van der Waals surface area contributed by atoms with Crippen LogP contribution in [-0.4, -0.2) is 25.2 Å². The summed E-state index contributed by atoms with van der Waals surface area (Å²) in [6, 6.07) is 14.6. The van der Waals surface area contributed by atoms with Gasteiger partial charge >= 0.3 is 0 Å². The molecule has 0 heterocycles. The van der Waals surface area contributed by atoms with Gasteiger partial charge in [-0.2, -0.15) is 5.10 Å². The van der Waals surface area contributed by atoms with Crippen molar-refractivity contribution >= 4 is 23.3 Å². The summed E-state index contributed by atoms with van der Waals surface area (Å²) in [7, 11) is 3.47. The van der Waals surface area contributed by atoms with Crippen LogP contribution in [0.15, 0.2) is 53.6 Å². The Morgan fingerprint density at radius 2 is 1.95 bits per heavy atom. The van der Waals surface area contributed by atoms with E-state index in [4.69, 9.17) is 0 Å². The minimum absolute atomic E-state index is 0.0313. The Balaban J connectivity index is 2.21. The second-order valence-corrected chi connectivity index (χ2v) is 4.39. The summed E-state index contributed by atoms with van der Waals surface area (Å²) in [5.41, 5.74) is 2.12. The number of benzene rings is 2. The maximum atomic E-state index is 11.0. The van der Waals surface area contributed by atoms with Gasteiger partial charge in [0, 0.05) is 25.7 Å². The van der Waals surface area contributed by atoms with Gasteiger partial charge in [-0.25, -0.2) is 0 Å². The summed E-state index contributed by atoms with van der Waals surface area (Å²) in [6.45, 7) is 0. The molecule has 0 bridgehead atoms. The third-order valence-electron chi connectivity index (χ3n) is 3.00. The zero-order chi connectivity index (χ0) is 15.2. The lowest BCUT2D eigenvalue weighted by Gasteiger charge is -2.12. The van der Waals surface area contributed by atoms with Crippen LogP contribution in [0.25, 0.3) is 0 Å². The minimum atomic E-state index is -0.413. The Labute approximate surface area is 122 Å². The van der Waals surface area contributed by atoms with Crippen LogP contribution in [0.4, 0.5) is 17.1 Å². The van der Waals surface area contributed by atoms with Crippen LogP contribution in [0.2, 0.25) is 0 Å². The molecule has 2 rings (SSSR count). The summed E-state index contributed by atoms with van der Waals surface area (Å²) in [5.74, 6) is 0. The van der Waals surface area contributed by atoms with E-state index in [-0.39, 0.29) is 5.69 Å². The van der Waals surface area contributed by atoms with Crippen molar-refractivity contribution in [2.24, 2.45) is 5.10 Å². The summed E-state index contributed by atoms with van der Waals surface area (Å²) in [4.78, 5) is 10.6. The summed E-state index contributed by atoms with van der Waals surface area (Å²) in [5, 5.41) is 19.8. The average Bonchev–Trinajstić information content (AvgIpc) is 2.53. The molecule has 0 unspecified atom stereocenters. The number of nitro groups is 1. The van der Waals surface area contributed by atoms with E-state index in [2.05, 4.69) is 10.4 Å².